The number of hydrogen-bond donors (Lipinski definition) is 1. The zero-order valence-electron chi connectivity index (χ0n) is 18.4. The van der Waals surface area contributed by atoms with Crippen molar-refractivity contribution in [3.63, 3.8) is 0 Å². The summed E-state index contributed by atoms with van der Waals surface area (Å²) in [5.74, 6) is -0.704. The summed E-state index contributed by atoms with van der Waals surface area (Å²) in [5, 5.41) is 3.55. The van der Waals surface area contributed by atoms with Gasteiger partial charge in [0.2, 0.25) is 0 Å². The molecule has 0 saturated heterocycles. The van der Waals surface area contributed by atoms with Crippen molar-refractivity contribution in [3.05, 3.63) is 120 Å². The summed E-state index contributed by atoms with van der Waals surface area (Å²) in [5.41, 5.74) is 3.27. The van der Waals surface area contributed by atoms with Gasteiger partial charge in [-0.15, -0.1) is 0 Å². The molecule has 3 aromatic carbocycles. The first-order valence-corrected chi connectivity index (χ1v) is 12.3. The highest BCUT2D eigenvalue weighted by atomic mass is 32.2. The Kier molecular flexibility index (Phi) is 5.88. The van der Waals surface area contributed by atoms with Crippen molar-refractivity contribution in [2.24, 2.45) is 0 Å². The van der Waals surface area contributed by atoms with E-state index < -0.39 is 10.0 Å². The van der Waals surface area contributed by atoms with Crippen LogP contribution in [-0.2, 0) is 16.6 Å². The van der Waals surface area contributed by atoms with Gasteiger partial charge in [0, 0.05) is 41.6 Å². The Hall–Kier alpha value is -4.30. The van der Waals surface area contributed by atoms with E-state index in [1.807, 2.05) is 24.3 Å². The number of benzene rings is 3. The van der Waals surface area contributed by atoms with E-state index in [4.69, 9.17) is 0 Å². The van der Waals surface area contributed by atoms with Gasteiger partial charge in [-0.1, -0.05) is 30.3 Å². The van der Waals surface area contributed by atoms with Gasteiger partial charge in [0.25, 0.3) is 15.9 Å². The van der Waals surface area contributed by atoms with Gasteiger partial charge in [0.05, 0.1) is 10.4 Å². The molecule has 2 aromatic heterocycles. The first-order chi connectivity index (χ1) is 16.9. The van der Waals surface area contributed by atoms with Gasteiger partial charge in [-0.2, -0.15) is 0 Å². The van der Waals surface area contributed by atoms with Gasteiger partial charge in [-0.05, 0) is 65.7 Å². The number of carbonyl (C=O) groups is 1. The number of pyridine rings is 1. The SMILES string of the molecule is O=C(NCc1ccc(F)cc1)c1ccc(S(=O)(=O)n2cc(-c3ccncc3)c3ccccc32)cc1. The summed E-state index contributed by atoms with van der Waals surface area (Å²) >= 11 is 0. The number of halogens is 1. The topological polar surface area (TPSA) is 81.1 Å². The Morgan fingerprint density at radius 1 is 0.886 bits per heavy atom. The molecule has 1 amide bonds. The molecular weight excluding hydrogens is 465 g/mol. The maximum absolute atomic E-state index is 13.5. The molecule has 0 spiro atoms. The van der Waals surface area contributed by atoms with E-state index >= 15 is 0 Å². The Labute approximate surface area is 201 Å². The molecule has 0 aliphatic rings. The molecular formula is C27H20FN3O3S. The normalized spacial score (nSPS) is 11.5. The molecule has 0 fully saturated rings. The van der Waals surface area contributed by atoms with Crippen LogP contribution < -0.4 is 5.32 Å². The van der Waals surface area contributed by atoms with E-state index in [9.17, 15) is 17.6 Å². The molecule has 2 heterocycles. The summed E-state index contributed by atoms with van der Waals surface area (Å²) in [6, 6.07) is 22.6. The van der Waals surface area contributed by atoms with Crippen molar-refractivity contribution in [2.45, 2.75) is 11.4 Å². The second kappa shape index (κ2) is 9.15. The fraction of sp³-hybridized carbons (Fsp3) is 0.0370. The molecule has 8 heteroatoms. The molecule has 0 radical (unpaired) electrons. The van der Waals surface area contributed by atoms with E-state index in [0.29, 0.717) is 11.1 Å². The van der Waals surface area contributed by atoms with Crippen LogP contribution >= 0.6 is 0 Å². The number of para-hydroxylation sites is 1. The Morgan fingerprint density at radius 3 is 2.29 bits per heavy atom. The minimum Gasteiger partial charge on any atom is -0.348 e. The maximum Gasteiger partial charge on any atom is 0.268 e. The Balaban J connectivity index is 1.42. The number of rotatable bonds is 6. The number of hydrogen-bond acceptors (Lipinski definition) is 4. The predicted octanol–water partition coefficient (Wildman–Crippen LogP) is 5.01. The minimum atomic E-state index is -3.92. The molecule has 6 nitrogen and oxygen atoms in total. The van der Waals surface area contributed by atoms with Gasteiger partial charge < -0.3 is 5.32 Å². The summed E-state index contributed by atoms with van der Waals surface area (Å²) in [6.07, 6.45) is 4.93. The number of aromatic nitrogens is 2. The lowest BCUT2D eigenvalue weighted by atomic mass is 10.1. The lowest BCUT2D eigenvalue weighted by Gasteiger charge is -2.09. The molecule has 1 N–H and O–H groups in total. The summed E-state index contributed by atoms with van der Waals surface area (Å²) in [4.78, 5) is 16.6. The quantitative estimate of drug-likeness (QED) is 0.367. The summed E-state index contributed by atoms with van der Waals surface area (Å²) in [7, 11) is -3.92. The lowest BCUT2D eigenvalue weighted by molar-refractivity contribution is 0.0951. The van der Waals surface area contributed by atoms with Crippen LogP contribution in [0.3, 0.4) is 0 Å². The summed E-state index contributed by atoms with van der Waals surface area (Å²) < 4.78 is 41.4. The zero-order chi connectivity index (χ0) is 24.4. The van der Waals surface area contributed by atoms with Crippen LogP contribution in [0.25, 0.3) is 22.0 Å². The van der Waals surface area contributed by atoms with Crippen LogP contribution in [0.5, 0.6) is 0 Å². The highest BCUT2D eigenvalue weighted by molar-refractivity contribution is 7.90. The second-order valence-electron chi connectivity index (χ2n) is 7.93. The highest BCUT2D eigenvalue weighted by Gasteiger charge is 2.22. The van der Waals surface area contributed by atoms with E-state index in [0.717, 1.165) is 22.1 Å². The van der Waals surface area contributed by atoms with Crippen LogP contribution in [0.2, 0.25) is 0 Å². The van der Waals surface area contributed by atoms with Gasteiger partial charge in [-0.3, -0.25) is 9.78 Å². The average Bonchev–Trinajstić information content (AvgIpc) is 3.29. The van der Waals surface area contributed by atoms with Crippen molar-refractivity contribution in [3.8, 4) is 11.1 Å². The lowest BCUT2D eigenvalue weighted by Crippen LogP contribution is -2.22. The molecule has 0 saturated carbocycles. The maximum atomic E-state index is 13.5. The zero-order valence-corrected chi connectivity index (χ0v) is 19.2. The second-order valence-corrected chi connectivity index (χ2v) is 9.75. The fourth-order valence-electron chi connectivity index (χ4n) is 3.89. The number of carbonyl (C=O) groups excluding carboxylic acids is 1. The highest BCUT2D eigenvalue weighted by Crippen LogP contribution is 2.32. The standard InChI is InChI=1S/C27H20FN3O3S/c28-22-9-5-19(6-10-22)17-30-27(32)21-7-11-23(12-8-21)35(33,34)31-18-25(20-13-15-29-16-14-20)24-3-1-2-4-26(24)31/h1-16,18H,17H2,(H,30,32). The van der Waals surface area contributed by atoms with Crippen LogP contribution in [-0.4, -0.2) is 23.3 Å². The number of nitrogens with zero attached hydrogens (tertiary/aromatic N) is 2. The molecule has 174 valence electrons. The number of nitrogens with one attached hydrogen (secondary N) is 1. The van der Waals surface area contributed by atoms with Crippen molar-refractivity contribution in [2.75, 3.05) is 0 Å². The third kappa shape index (κ3) is 4.43. The van der Waals surface area contributed by atoms with E-state index in [-0.39, 0.29) is 23.2 Å². The van der Waals surface area contributed by atoms with Gasteiger partial charge in [0.15, 0.2) is 0 Å². The summed E-state index contributed by atoms with van der Waals surface area (Å²) in [6.45, 7) is 0.228. The monoisotopic (exact) mass is 485 g/mol. The van der Waals surface area contributed by atoms with Crippen LogP contribution in [0.4, 0.5) is 4.39 Å². The van der Waals surface area contributed by atoms with Crippen molar-refractivity contribution >= 4 is 26.8 Å². The average molecular weight is 486 g/mol. The van der Waals surface area contributed by atoms with E-state index in [2.05, 4.69) is 10.3 Å². The van der Waals surface area contributed by atoms with Crippen LogP contribution in [0.1, 0.15) is 15.9 Å². The largest absolute Gasteiger partial charge is 0.348 e. The van der Waals surface area contributed by atoms with Gasteiger partial charge in [0.1, 0.15) is 5.82 Å². The number of amides is 1. The van der Waals surface area contributed by atoms with Crippen molar-refractivity contribution < 1.29 is 17.6 Å². The Bertz CT molecular complexity index is 1610. The molecule has 0 aliphatic carbocycles. The minimum absolute atomic E-state index is 0.0645. The molecule has 0 aliphatic heterocycles. The molecule has 0 atom stereocenters. The first-order valence-electron chi connectivity index (χ1n) is 10.8. The third-order valence-corrected chi connectivity index (χ3v) is 7.40. The third-order valence-electron chi connectivity index (χ3n) is 5.71. The van der Waals surface area contributed by atoms with E-state index in [1.54, 1.807) is 42.9 Å². The van der Waals surface area contributed by atoms with E-state index in [1.165, 1.54) is 40.4 Å². The van der Waals surface area contributed by atoms with Crippen molar-refractivity contribution in [1.29, 1.82) is 0 Å². The van der Waals surface area contributed by atoms with Gasteiger partial charge in [-0.25, -0.2) is 16.8 Å². The molecule has 35 heavy (non-hydrogen) atoms. The first kappa shape index (κ1) is 22.5. The van der Waals surface area contributed by atoms with Crippen LogP contribution in [0.15, 0.2) is 108 Å². The molecule has 0 bridgehead atoms. The van der Waals surface area contributed by atoms with Crippen LogP contribution in [0, 0.1) is 5.82 Å². The molecule has 5 aromatic rings. The smallest absolute Gasteiger partial charge is 0.268 e. The predicted molar refractivity (Wildman–Crippen MR) is 132 cm³/mol. The van der Waals surface area contributed by atoms with Crippen molar-refractivity contribution in [1.82, 2.24) is 14.3 Å². The molecule has 0 unspecified atom stereocenters. The molecule has 5 rings (SSSR count). The Morgan fingerprint density at radius 2 is 1.57 bits per heavy atom. The van der Waals surface area contributed by atoms with Gasteiger partial charge >= 0.3 is 0 Å². The number of fused-ring (bicyclic) bond motifs is 1. The fourth-order valence-corrected chi connectivity index (χ4v) is 5.26.